The zero-order chi connectivity index (χ0) is 14.8. The zero-order valence-electron chi connectivity index (χ0n) is 11.4. The first kappa shape index (κ1) is 14.6. The summed E-state index contributed by atoms with van der Waals surface area (Å²) >= 11 is 12.3. The van der Waals surface area contributed by atoms with Crippen LogP contribution in [0.3, 0.4) is 0 Å². The highest BCUT2D eigenvalue weighted by atomic mass is 35.5. The standard InChI is InChI=1S/C17H15Cl2NO/c18-15-6-3-7-16(19)13(15)8-17(21)14-10-20-9-11-4-1-2-5-12(11)14/h1-7,14,20H,8-10H2. The highest BCUT2D eigenvalue weighted by Gasteiger charge is 2.26. The van der Waals surface area contributed by atoms with Crippen molar-refractivity contribution in [3.8, 4) is 0 Å². The predicted molar refractivity (Wildman–Crippen MR) is 86.1 cm³/mol. The molecule has 1 heterocycles. The van der Waals surface area contributed by atoms with Gasteiger partial charge in [0.2, 0.25) is 0 Å². The molecule has 0 saturated heterocycles. The normalized spacial score (nSPS) is 17.3. The molecule has 1 atom stereocenters. The Kier molecular flexibility index (Phi) is 4.29. The van der Waals surface area contributed by atoms with Crippen molar-refractivity contribution in [1.29, 1.82) is 0 Å². The van der Waals surface area contributed by atoms with Crippen LogP contribution in [0.5, 0.6) is 0 Å². The molecule has 0 radical (unpaired) electrons. The zero-order valence-corrected chi connectivity index (χ0v) is 12.9. The van der Waals surface area contributed by atoms with E-state index < -0.39 is 0 Å². The van der Waals surface area contributed by atoms with E-state index in [0.717, 1.165) is 12.1 Å². The molecule has 21 heavy (non-hydrogen) atoms. The summed E-state index contributed by atoms with van der Waals surface area (Å²) < 4.78 is 0. The lowest BCUT2D eigenvalue weighted by molar-refractivity contribution is -0.119. The van der Waals surface area contributed by atoms with Crippen molar-refractivity contribution in [2.45, 2.75) is 18.9 Å². The van der Waals surface area contributed by atoms with Crippen LogP contribution in [-0.2, 0) is 17.8 Å². The van der Waals surface area contributed by atoms with E-state index in [2.05, 4.69) is 11.4 Å². The second kappa shape index (κ2) is 6.18. The topological polar surface area (TPSA) is 29.1 Å². The van der Waals surface area contributed by atoms with Crippen molar-refractivity contribution in [2.75, 3.05) is 6.54 Å². The second-order valence-corrected chi connectivity index (χ2v) is 6.04. The number of benzene rings is 2. The largest absolute Gasteiger partial charge is 0.312 e. The molecule has 2 nitrogen and oxygen atoms in total. The summed E-state index contributed by atoms with van der Waals surface area (Å²) in [5, 5.41) is 4.40. The van der Waals surface area contributed by atoms with Crippen LogP contribution in [0, 0.1) is 0 Å². The number of rotatable bonds is 3. The molecule has 1 unspecified atom stereocenters. The van der Waals surface area contributed by atoms with Gasteiger partial charge in [0.05, 0.1) is 5.92 Å². The number of hydrogen-bond donors (Lipinski definition) is 1. The summed E-state index contributed by atoms with van der Waals surface area (Å²) in [6.45, 7) is 1.48. The van der Waals surface area contributed by atoms with Crippen LogP contribution >= 0.6 is 23.2 Å². The fourth-order valence-electron chi connectivity index (χ4n) is 2.78. The fraction of sp³-hybridized carbons (Fsp3) is 0.235. The Bertz CT molecular complexity index is 664. The van der Waals surface area contributed by atoms with Crippen molar-refractivity contribution >= 4 is 29.0 Å². The molecule has 1 aliphatic rings. The van der Waals surface area contributed by atoms with E-state index >= 15 is 0 Å². The van der Waals surface area contributed by atoms with Crippen LogP contribution in [0.4, 0.5) is 0 Å². The molecule has 0 aromatic heterocycles. The second-order valence-electron chi connectivity index (χ2n) is 5.23. The number of hydrogen-bond acceptors (Lipinski definition) is 2. The average molecular weight is 320 g/mol. The number of fused-ring (bicyclic) bond motifs is 1. The van der Waals surface area contributed by atoms with Crippen LogP contribution in [0.1, 0.15) is 22.6 Å². The molecular weight excluding hydrogens is 305 g/mol. The number of nitrogens with one attached hydrogen (secondary N) is 1. The van der Waals surface area contributed by atoms with Gasteiger partial charge >= 0.3 is 0 Å². The summed E-state index contributed by atoms with van der Waals surface area (Å²) in [6.07, 6.45) is 0.263. The van der Waals surface area contributed by atoms with Crippen LogP contribution in [-0.4, -0.2) is 12.3 Å². The molecule has 0 aliphatic carbocycles. The molecule has 1 aliphatic heterocycles. The lowest BCUT2D eigenvalue weighted by Crippen LogP contribution is -2.33. The van der Waals surface area contributed by atoms with Gasteiger partial charge in [-0.1, -0.05) is 53.5 Å². The fourth-order valence-corrected chi connectivity index (χ4v) is 3.31. The van der Waals surface area contributed by atoms with E-state index in [1.165, 1.54) is 5.56 Å². The van der Waals surface area contributed by atoms with Crippen molar-refractivity contribution in [3.05, 3.63) is 69.2 Å². The Morgan fingerprint density at radius 1 is 1.10 bits per heavy atom. The lowest BCUT2D eigenvalue weighted by Gasteiger charge is -2.25. The first-order valence-electron chi connectivity index (χ1n) is 6.91. The van der Waals surface area contributed by atoms with Gasteiger partial charge < -0.3 is 5.32 Å². The van der Waals surface area contributed by atoms with Gasteiger partial charge in [-0.05, 0) is 28.8 Å². The van der Waals surface area contributed by atoms with Gasteiger partial charge in [-0.25, -0.2) is 0 Å². The maximum atomic E-state index is 12.7. The SMILES string of the molecule is O=C(Cc1c(Cl)cccc1Cl)C1CNCc2ccccc21. The third-order valence-corrected chi connectivity index (χ3v) is 4.60. The first-order chi connectivity index (χ1) is 10.2. The summed E-state index contributed by atoms with van der Waals surface area (Å²) in [7, 11) is 0. The quantitative estimate of drug-likeness (QED) is 0.926. The van der Waals surface area contributed by atoms with Crippen molar-refractivity contribution in [2.24, 2.45) is 0 Å². The molecule has 3 rings (SSSR count). The predicted octanol–water partition coefficient (Wildman–Crippen LogP) is 3.99. The minimum atomic E-state index is -0.137. The summed E-state index contributed by atoms with van der Waals surface area (Å²) in [5.41, 5.74) is 3.02. The Hall–Kier alpha value is -1.35. The van der Waals surface area contributed by atoms with Gasteiger partial charge in [0.15, 0.2) is 0 Å². The molecule has 0 fully saturated rings. The minimum absolute atomic E-state index is 0.137. The van der Waals surface area contributed by atoms with Gasteiger partial charge in [-0.3, -0.25) is 4.79 Å². The van der Waals surface area contributed by atoms with Crippen molar-refractivity contribution in [1.82, 2.24) is 5.32 Å². The monoisotopic (exact) mass is 319 g/mol. The van der Waals surface area contributed by atoms with Crippen LogP contribution in [0.25, 0.3) is 0 Å². The number of Topliss-reactive ketones (excluding diaryl/α,β-unsaturated/α-hetero) is 1. The molecule has 0 saturated carbocycles. The Balaban J connectivity index is 1.87. The van der Waals surface area contributed by atoms with Gasteiger partial charge in [0.25, 0.3) is 0 Å². The molecule has 108 valence electrons. The smallest absolute Gasteiger partial charge is 0.146 e. The first-order valence-corrected chi connectivity index (χ1v) is 7.66. The maximum absolute atomic E-state index is 12.7. The number of halogens is 2. The molecular formula is C17H15Cl2NO. The molecule has 0 amide bonds. The summed E-state index contributed by atoms with van der Waals surface area (Å²) in [6, 6.07) is 13.4. The molecule has 2 aromatic carbocycles. The van der Waals surface area contributed by atoms with E-state index in [4.69, 9.17) is 23.2 Å². The number of carbonyl (C=O) groups excluding carboxylic acids is 1. The van der Waals surface area contributed by atoms with E-state index in [1.54, 1.807) is 18.2 Å². The van der Waals surface area contributed by atoms with Crippen molar-refractivity contribution < 1.29 is 4.79 Å². The van der Waals surface area contributed by atoms with Gasteiger partial charge in [-0.2, -0.15) is 0 Å². The van der Waals surface area contributed by atoms with Crippen LogP contribution in [0.2, 0.25) is 10.0 Å². The highest BCUT2D eigenvalue weighted by molar-refractivity contribution is 6.36. The maximum Gasteiger partial charge on any atom is 0.146 e. The third kappa shape index (κ3) is 2.98. The number of carbonyl (C=O) groups is 1. The van der Waals surface area contributed by atoms with E-state index in [-0.39, 0.29) is 18.1 Å². The lowest BCUT2D eigenvalue weighted by atomic mass is 9.85. The van der Waals surface area contributed by atoms with Gasteiger partial charge in [-0.15, -0.1) is 0 Å². The molecule has 4 heteroatoms. The third-order valence-electron chi connectivity index (χ3n) is 3.90. The average Bonchev–Trinajstić information content (AvgIpc) is 2.50. The van der Waals surface area contributed by atoms with E-state index in [9.17, 15) is 4.79 Å². The van der Waals surface area contributed by atoms with E-state index in [0.29, 0.717) is 22.2 Å². The van der Waals surface area contributed by atoms with Crippen molar-refractivity contribution in [3.63, 3.8) is 0 Å². The highest BCUT2D eigenvalue weighted by Crippen LogP contribution is 2.29. The van der Waals surface area contributed by atoms with Crippen LogP contribution < -0.4 is 5.32 Å². The molecule has 1 N–H and O–H groups in total. The van der Waals surface area contributed by atoms with Gasteiger partial charge in [0.1, 0.15) is 5.78 Å². The van der Waals surface area contributed by atoms with Gasteiger partial charge in [0, 0.05) is 29.6 Å². The molecule has 0 spiro atoms. The number of ketones is 1. The molecule has 0 bridgehead atoms. The van der Waals surface area contributed by atoms with Crippen LogP contribution in [0.15, 0.2) is 42.5 Å². The Morgan fingerprint density at radius 2 is 1.81 bits per heavy atom. The Labute approximate surface area is 134 Å². The Morgan fingerprint density at radius 3 is 2.57 bits per heavy atom. The summed E-state index contributed by atoms with van der Waals surface area (Å²) in [4.78, 5) is 12.7. The van der Waals surface area contributed by atoms with E-state index in [1.807, 2.05) is 18.2 Å². The summed E-state index contributed by atoms with van der Waals surface area (Å²) in [5.74, 6) is 0.00643. The molecule has 2 aromatic rings. The minimum Gasteiger partial charge on any atom is -0.312 e.